The van der Waals surface area contributed by atoms with E-state index in [1.54, 1.807) is 11.8 Å². The van der Waals surface area contributed by atoms with Gasteiger partial charge in [0.2, 0.25) is 5.95 Å². The fraction of sp³-hybridized carbons (Fsp3) is 0.438. The molecular formula is C16H20N4OS. The molecule has 1 aliphatic heterocycles. The van der Waals surface area contributed by atoms with E-state index in [0.29, 0.717) is 11.5 Å². The van der Waals surface area contributed by atoms with E-state index < -0.39 is 0 Å². The molecule has 1 amide bonds. The van der Waals surface area contributed by atoms with Gasteiger partial charge in [-0.05, 0) is 29.5 Å². The average molecular weight is 316 g/mol. The lowest BCUT2D eigenvalue weighted by atomic mass is 9.87. The van der Waals surface area contributed by atoms with Crippen LogP contribution in [-0.2, 0) is 12.0 Å². The van der Waals surface area contributed by atoms with Gasteiger partial charge >= 0.3 is 0 Å². The van der Waals surface area contributed by atoms with Gasteiger partial charge in [0.05, 0.1) is 0 Å². The van der Waals surface area contributed by atoms with Crippen LogP contribution in [0.15, 0.2) is 29.4 Å². The van der Waals surface area contributed by atoms with Crippen LogP contribution >= 0.6 is 11.8 Å². The maximum Gasteiger partial charge on any atom is 0.258 e. The van der Waals surface area contributed by atoms with Crippen molar-refractivity contribution in [2.75, 3.05) is 11.1 Å². The van der Waals surface area contributed by atoms with Gasteiger partial charge in [-0.3, -0.25) is 14.7 Å². The van der Waals surface area contributed by atoms with E-state index in [4.69, 9.17) is 0 Å². The van der Waals surface area contributed by atoms with Crippen molar-refractivity contribution >= 4 is 23.6 Å². The first-order chi connectivity index (χ1) is 10.4. The molecule has 6 heteroatoms. The van der Waals surface area contributed by atoms with Crippen molar-refractivity contribution in [1.29, 1.82) is 0 Å². The molecular weight excluding hydrogens is 296 g/mol. The summed E-state index contributed by atoms with van der Waals surface area (Å²) in [4.78, 5) is 12.4. The van der Waals surface area contributed by atoms with Crippen LogP contribution in [0.3, 0.4) is 0 Å². The Hall–Kier alpha value is -1.82. The highest BCUT2D eigenvalue weighted by atomic mass is 32.2. The van der Waals surface area contributed by atoms with E-state index in [0.717, 1.165) is 23.9 Å². The molecule has 0 atom stereocenters. The lowest BCUT2D eigenvalue weighted by Gasteiger charge is -2.19. The van der Waals surface area contributed by atoms with E-state index in [1.807, 2.05) is 28.8 Å². The molecule has 1 N–H and O–H groups in total. The van der Waals surface area contributed by atoms with E-state index in [9.17, 15) is 4.79 Å². The van der Waals surface area contributed by atoms with Gasteiger partial charge in [0.1, 0.15) is 0 Å². The van der Waals surface area contributed by atoms with Crippen LogP contribution in [0.25, 0.3) is 0 Å². The Morgan fingerprint density at radius 2 is 1.95 bits per heavy atom. The number of nitrogens with one attached hydrogen (secondary N) is 1. The Morgan fingerprint density at radius 3 is 2.64 bits per heavy atom. The standard InChI is InChI=1S/C16H20N4OS/c1-16(2,3)12-7-5-11(6-8-12)13(21)17-14-18-19-15-20(14)9-4-10-22-15/h5-8H,4,9-10H2,1-3H3,(H,17,18,21). The van der Waals surface area contributed by atoms with Crippen molar-refractivity contribution in [3.8, 4) is 0 Å². The molecule has 0 radical (unpaired) electrons. The first-order valence-electron chi connectivity index (χ1n) is 7.43. The molecule has 1 aliphatic rings. The SMILES string of the molecule is CC(C)(C)c1ccc(C(=O)Nc2nnc3n2CCCS3)cc1. The van der Waals surface area contributed by atoms with Crippen LogP contribution < -0.4 is 5.32 Å². The number of thioether (sulfide) groups is 1. The average Bonchev–Trinajstić information content (AvgIpc) is 2.90. The summed E-state index contributed by atoms with van der Waals surface area (Å²) in [5, 5.41) is 11.9. The number of fused-ring (bicyclic) bond motifs is 1. The molecule has 0 saturated carbocycles. The minimum atomic E-state index is -0.147. The molecule has 3 rings (SSSR count). The number of carbonyl (C=O) groups is 1. The molecule has 2 heterocycles. The molecule has 0 saturated heterocycles. The quantitative estimate of drug-likeness (QED) is 0.923. The van der Waals surface area contributed by atoms with Crippen molar-refractivity contribution in [3.05, 3.63) is 35.4 Å². The molecule has 2 aromatic rings. The van der Waals surface area contributed by atoms with Crippen molar-refractivity contribution in [3.63, 3.8) is 0 Å². The predicted octanol–water partition coefficient (Wildman–Crippen LogP) is 3.32. The van der Waals surface area contributed by atoms with Crippen LogP contribution in [0.4, 0.5) is 5.95 Å². The Morgan fingerprint density at radius 1 is 1.23 bits per heavy atom. The predicted molar refractivity (Wildman–Crippen MR) is 88.5 cm³/mol. The fourth-order valence-corrected chi connectivity index (χ4v) is 3.26. The van der Waals surface area contributed by atoms with Crippen LogP contribution in [0, 0.1) is 0 Å². The van der Waals surface area contributed by atoms with Gasteiger partial charge in [-0.15, -0.1) is 10.2 Å². The number of hydrogen-bond acceptors (Lipinski definition) is 4. The monoisotopic (exact) mass is 316 g/mol. The molecule has 1 aromatic heterocycles. The van der Waals surface area contributed by atoms with Crippen LogP contribution in [0.2, 0.25) is 0 Å². The van der Waals surface area contributed by atoms with Gasteiger partial charge in [-0.2, -0.15) is 0 Å². The summed E-state index contributed by atoms with van der Waals surface area (Å²) in [5.74, 6) is 1.44. The van der Waals surface area contributed by atoms with Gasteiger partial charge in [0.25, 0.3) is 5.91 Å². The molecule has 0 fully saturated rings. The Labute approximate surface area is 134 Å². The van der Waals surface area contributed by atoms with E-state index >= 15 is 0 Å². The zero-order chi connectivity index (χ0) is 15.7. The maximum atomic E-state index is 12.4. The minimum Gasteiger partial charge on any atom is -0.290 e. The van der Waals surface area contributed by atoms with Crippen molar-refractivity contribution in [2.24, 2.45) is 0 Å². The molecule has 0 spiro atoms. The van der Waals surface area contributed by atoms with Crippen molar-refractivity contribution in [1.82, 2.24) is 14.8 Å². The van der Waals surface area contributed by atoms with Gasteiger partial charge < -0.3 is 0 Å². The van der Waals surface area contributed by atoms with Crippen molar-refractivity contribution < 1.29 is 4.79 Å². The number of rotatable bonds is 2. The number of nitrogens with zero attached hydrogens (tertiary/aromatic N) is 3. The summed E-state index contributed by atoms with van der Waals surface area (Å²) in [6.45, 7) is 7.32. The number of aromatic nitrogens is 3. The zero-order valence-corrected chi connectivity index (χ0v) is 13.9. The Bertz CT molecular complexity index is 685. The number of benzene rings is 1. The highest BCUT2D eigenvalue weighted by Crippen LogP contribution is 2.26. The second kappa shape index (κ2) is 5.76. The number of hydrogen-bond donors (Lipinski definition) is 1. The molecule has 116 valence electrons. The van der Waals surface area contributed by atoms with E-state index in [1.165, 1.54) is 5.56 Å². The molecule has 5 nitrogen and oxygen atoms in total. The molecule has 0 aliphatic carbocycles. The van der Waals surface area contributed by atoms with Crippen LogP contribution in [-0.4, -0.2) is 26.4 Å². The maximum absolute atomic E-state index is 12.4. The topological polar surface area (TPSA) is 59.8 Å². The van der Waals surface area contributed by atoms with Gasteiger partial charge in [0, 0.05) is 17.9 Å². The molecule has 0 unspecified atom stereocenters. The highest BCUT2D eigenvalue weighted by molar-refractivity contribution is 7.99. The summed E-state index contributed by atoms with van der Waals surface area (Å²) in [5.41, 5.74) is 1.92. The van der Waals surface area contributed by atoms with E-state index in [-0.39, 0.29) is 11.3 Å². The second-order valence-corrected chi connectivity index (χ2v) is 7.50. The normalized spacial score (nSPS) is 14.5. The van der Waals surface area contributed by atoms with E-state index in [2.05, 4.69) is 36.3 Å². The van der Waals surface area contributed by atoms with Gasteiger partial charge in [-0.1, -0.05) is 44.7 Å². The number of anilines is 1. The Kier molecular flexibility index (Phi) is 3.95. The van der Waals surface area contributed by atoms with Crippen molar-refractivity contribution in [2.45, 2.75) is 44.3 Å². The number of carbonyl (C=O) groups excluding carboxylic acids is 1. The molecule has 1 aromatic carbocycles. The smallest absolute Gasteiger partial charge is 0.258 e. The largest absolute Gasteiger partial charge is 0.290 e. The van der Waals surface area contributed by atoms with Crippen LogP contribution in [0.1, 0.15) is 43.1 Å². The second-order valence-electron chi connectivity index (χ2n) is 6.44. The highest BCUT2D eigenvalue weighted by Gasteiger charge is 2.19. The third-order valence-corrected chi connectivity index (χ3v) is 4.77. The third-order valence-electron chi connectivity index (χ3n) is 3.71. The summed E-state index contributed by atoms with van der Waals surface area (Å²) in [6.07, 6.45) is 1.07. The minimum absolute atomic E-state index is 0.0817. The fourth-order valence-electron chi connectivity index (χ4n) is 2.37. The van der Waals surface area contributed by atoms with Crippen LogP contribution in [0.5, 0.6) is 0 Å². The Balaban J connectivity index is 1.76. The van der Waals surface area contributed by atoms with Gasteiger partial charge in [0.15, 0.2) is 5.16 Å². The molecule has 0 bridgehead atoms. The molecule has 22 heavy (non-hydrogen) atoms. The summed E-state index contributed by atoms with van der Waals surface area (Å²) in [6, 6.07) is 7.73. The summed E-state index contributed by atoms with van der Waals surface area (Å²) in [7, 11) is 0. The third kappa shape index (κ3) is 3.02. The lowest BCUT2D eigenvalue weighted by molar-refractivity contribution is 0.102. The summed E-state index contributed by atoms with van der Waals surface area (Å²) >= 11 is 1.68. The first-order valence-corrected chi connectivity index (χ1v) is 8.41. The summed E-state index contributed by atoms with van der Waals surface area (Å²) < 4.78 is 1.97. The van der Waals surface area contributed by atoms with Gasteiger partial charge in [-0.25, -0.2) is 0 Å². The lowest BCUT2D eigenvalue weighted by Crippen LogP contribution is -2.18. The number of amides is 1. The first kappa shape index (κ1) is 15.1. The zero-order valence-electron chi connectivity index (χ0n) is 13.1.